The maximum atomic E-state index is 13.8. The van der Waals surface area contributed by atoms with Gasteiger partial charge >= 0.3 is 0 Å². The van der Waals surface area contributed by atoms with Gasteiger partial charge in [0.25, 0.3) is 0 Å². The Bertz CT molecular complexity index is 504. The van der Waals surface area contributed by atoms with Crippen LogP contribution >= 0.6 is 0 Å². The molecule has 0 saturated carbocycles. The van der Waals surface area contributed by atoms with Crippen LogP contribution < -0.4 is 16.0 Å². The lowest BCUT2D eigenvalue weighted by Crippen LogP contribution is -2.37. The number of nitrogens with one attached hydrogen (secondary N) is 1. The van der Waals surface area contributed by atoms with Gasteiger partial charge in [0.2, 0.25) is 5.91 Å². The molecule has 0 aromatic heterocycles. The predicted octanol–water partition coefficient (Wildman–Crippen LogP) is 2.57. The molecule has 1 aromatic rings. The number of hydrogen-bond donors (Lipinski definition) is 2. The third-order valence-electron chi connectivity index (χ3n) is 4.17. The molecule has 23 heavy (non-hydrogen) atoms. The summed E-state index contributed by atoms with van der Waals surface area (Å²) in [5.41, 5.74) is 5.43. The Morgan fingerprint density at radius 2 is 1.91 bits per heavy atom. The van der Waals surface area contributed by atoms with Crippen LogP contribution in [0.5, 0.6) is 0 Å². The molecule has 1 atom stereocenters. The van der Waals surface area contributed by atoms with Crippen molar-refractivity contribution in [3.63, 3.8) is 0 Å². The predicted molar refractivity (Wildman–Crippen MR) is 87.3 cm³/mol. The summed E-state index contributed by atoms with van der Waals surface area (Å²) in [5.74, 6) is -1.10. The molecule has 1 saturated heterocycles. The van der Waals surface area contributed by atoms with Gasteiger partial charge in [-0.25, -0.2) is 8.78 Å². The van der Waals surface area contributed by atoms with E-state index >= 15 is 0 Å². The standard InChI is InChI=1S/C17H25F2N3O/c18-14-6-5-7-15(19)17(14)22-11-9-13(12-22)21-16(23)8-3-1-2-4-10-20/h5-7,13H,1-4,8-12,20H2,(H,21,23). The van der Waals surface area contributed by atoms with E-state index in [1.54, 1.807) is 4.90 Å². The third-order valence-corrected chi connectivity index (χ3v) is 4.17. The van der Waals surface area contributed by atoms with E-state index in [2.05, 4.69) is 5.32 Å². The fraction of sp³-hybridized carbons (Fsp3) is 0.588. The Morgan fingerprint density at radius 3 is 2.61 bits per heavy atom. The van der Waals surface area contributed by atoms with E-state index in [1.165, 1.54) is 18.2 Å². The van der Waals surface area contributed by atoms with Gasteiger partial charge in [-0.15, -0.1) is 0 Å². The van der Waals surface area contributed by atoms with Gasteiger partial charge in [0, 0.05) is 25.6 Å². The van der Waals surface area contributed by atoms with Gasteiger partial charge in [-0.3, -0.25) is 4.79 Å². The maximum Gasteiger partial charge on any atom is 0.220 e. The fourth-order valence-electron chi connectivity index (χ4n) is 2.96. The monoisotopic (exact) mass is 325 g/mol. The zero-order chi connectivity index (χ0) is 16.7. The van der Waals surface area contributed by atoms with Crippen molar-refractivity contribution >= 4 is 11.6 Å². The van der Waals surface area contributed by atoms with Gasteiger partial charge in [0.15, 0.2) is 0 Å². The van der Waals surface area contributed by atoms with Crippen LogP contribution in [0.4, 0.5) is 14.5 Å². The number of nitrogens with two attached hydrogens (primary N) is 1. The van der Waals surface area contributed by atoms with E-state index < -0.39 is 11.6 Å². The minimum atomic E-state index is -0.558. The number of nitrogens with zero attached hydrogens (tertiary/aromatic N) is 1. The van der Waals surface area contributed by atoms with Crippen LogP contribution in [0.2, 0.25) is 0 Å². The fourth-order valence-corrected chi connectivity index (χ4v) is 2.96. The molecular weight excluding hydrogens is 300 g/mol. The molecule has 1 aromatic carbocycles. The van der Waals surface area contributed by atoms with Crippen LogP contribution in [0.3, 0.4) is 0 Å². The molecule has 1 heterocycles. The van der Waals surface area contributed by atoms with Crippen LogP contribution in [-0.2, 0) is 4.79 Å². The first-order valence-corrected chi connectivity index (χ1v) is 8.30. The molecule has 1 amide bonds. The van der Waals surface area contributed by atoms with E-state index in [0.29, 0.717) is 32.5 Å². The Kier molecular flexibility index (Phi) is 6.77. The lowest BCUT2D eigenvalue weighted by atomic mass is 10.1. The lowest BCUT2D eigenvalue weighted by molar-refractivity contribution is -0.121. The van der Waals surface area contributed by atoms with Gasteiger partial charge in [-0.2, -0.15) is 0 Å². The lowest BCUT2D eigenvalue weighted by Gasteiger charge is -2.20. The number of para-hydroxylation sites is 1. The van der Waals surface area contributed by atoms with Crippen molar-refractivity contribution in [2.45, 2.75) is 44.6 Å². The Morgan fingerprint density at radius 1 is 1.22 bits per heavy atom. The highest BCUT2D eigenvalue weighted by atomic mass is 19.1. The minimum Gasteiger partial charge on any atom is -0.365 e. The average Bonchev–Trinajstić information content (AvgIpc) is 2.95. The largest absolute Gasteiger partial charge is 0.365 e. The highest BCUT2D eigenvalue weighted by Gasteiger charge is 2.27. The van der Waals surface area contributed by atoms with Gasteiger partial charge in [0.05, 0.1) is 0 Å². The Balaban J connectivity index is 1.76. The Labute approximate surface area is 136 Å². The molecule has 1 unspecified atom stereocenters. The number of halogens is 2. The summed E-state index contributed by atoms with van der Waals surface area (Å²) in [4.78, 5) is 13.6. The first-order valence-electron chi connectivity index (χ1n) is 8.30. The van der Waals surface area contributed by atoms with E-state index in [-0.39, 0.29) is 17.6 Å². The first kappa shape index (κ1) is 17.7. The average molecular weight is 325 g/mol. The number of amides is 1. The molecule has 4 nitrogen and oxygen atoms in total. The van der Waals surface area contributed by atoms with Gasteiger partial charge in [0.1, 0.15) is 17.3 Å². The second kappa shape index (κ2) is 8.82. The van der Waals surface area contributed by atoms with Crippen molar-refractivity contribution in [2.24, 2.45) is 5.73 Å². The van der Waals surface area contributed by atoms with Crippen LogP contribution in [0.1, 0.15) is 38.5 Å². The van der Waals surface area contributed by atoms with Gasteiger partial charge in [-0.05, 0) is 37.9 Å². The van der Waals surface area contributed by atoms with Crippen LogP contribution in [-0.4, -0.2) is 31.6 Å². The molecule has 128 valence electrons. The Hall–Kier alpha value is -1.69. The summed E-state index contributed by atoms with van der Waals surface area (Å²) in [7, 11) is 0. The smallest absolute Gasteiger partial charge is 0.220 e. The van der Waals surface area contributed by atoms with Crippen molar-refractivity contribution in [3.05, 3.63) is 29.8 Å². The number of anilines is 1. The number of benzene rings is 1. The molecule has 0 spiro atoms. The summed E-state index contributed by atoms with van der Waals surface area (Å²) in [6.07, 6.45) is 5.09. The van der Waals surface area contributed by atoms with Crippen LogP contribution in [0.15, 0.2) is 18.2 Å². The van der Waals surface area contributed by atoms with Crippen molar-refractivity contribution in [1.82, 2.24) is 5.32 Å². The molecule has 1 fully saturated rings. The number of hydrogen-bond acceptors (Lipinski definition) is 3. The normalized spacial score (nSPS) is 17.5. The van der Waals surface area contributed by atoms with E-state index in [9.17, 15) is 13.6 Å². The second-order valence-corrected chi connectivity index (χ2v) is 6.02. The van der Waals surface area contributed by atoms with Crippen molar-refractivity contribution in [1.29, 1.82) is 0 Å². The van der Waals surface area contributed by atoms with Gasteiger partial charge < -0.3 is 16.0 Å². The summed E-state index contributed by atoms with van der Waals surface area (Å²) in [6, 6.07) is 3.82. The molecule has 6 heteroatoms. The molecule has 0 bridgehead atoms. The summed E-state index contributed by atoms with van der Waals surface area (Å²) >= 11 is 0. The minimum absolute atomic E-state index is 0.00559. The van der Waals surface area contributed by atoms with E-state index in [0.717, 1.165) is 25.7 Å². The molecular formula is C17H25F2N3O. The second-order valence-electron chi connectivity index (χ2n) is 6.02. The van der Waals surface area contributed by atoms with Crippen molar-refractivity contribution < 1.29 is 13.6 Å². The number of carbonyl (C=O) groups excluding carboxylic acids is 1. The summed E-state index contributed by atoms with van der Waals surface area (Å²) < 4.78 is 27.6. The number of carbonyl (C=O) groups is 1. The zero-order valence-corrected chi connectivity index (χ0v) is 13.4. The SMILES string of the molecule is NCCCCCCC(=O)NC1CCN(c2c(F)cccc2F)C1. The highest BCUT2D eigenvalue weighted by molar-refractivity contribution is 5.76. The molecule has 0 radical (unpaired) electrons. The topological polar surface area (TPSA) is 58.4 Å². The van der Waals surface area contributed by atoms with Crippen molar-refractivity contribution in [2.75, 3.05) is 24.5 Å². The quantitative estimate of drug-likeness (QED) is 0.722. The van der Waals surface area contributed by atoms with E-state index in [1.807, 2.05) is 0 Å². The third kappa shape index (κ3) is 5.16. The maximum absolute atomic E-state index is 13.8. The highest BCUT2D eigenvalue weighted by Crippen LogP contribution is 2.26. The molecule has 1 aliphatic heterocycles. The number of rotatable bonds is 8. The zero-order valence-electron chi connectivity index (χ0n) is 13.4. The molecule has 3 N–H and O–H groups in total. The molecule has 0 aliphatic carbocycles. The van der Waals surface area contributed by atoms with Gasteiger partial charge in [-0.1, -0.05) is 18.9 Å². The van der Waals surface area contributed by atoms with Crippen molar-refractivity contribution in [3.8, 4) is 0 Å². The first-order chi connectivity index (χ1) is 11.1. The number of unbranched alkanes of at least 4 members (excludes halogenated alkanes) is 3. The molecule has 2 rings (SSSR count). The van der Waals surface area contributed by atoms with Crippen LogP contribution in [0, 0.1) is 11.6 Å². The summed E-state index contributed by atoms with van der Waals surface area (Å²) in [5, 5.41) is 2.96. The molecule has 1 aliphatic rings. The van der Waals surface area contributed by atoms with E-state index in [4.69, 9.17) is 5.73 Å². The van der Waals surface area contributed by atoms with Crippen LogP contribution in [0.25, 0.3) is 0 Å². The summed E-state index contributed by atoms with van der Waals surface area (Å²) in [6.45, 7) is 1.67.